The topological polar surface area (TPSA) is 85.8 Å². The fraction of sp³-hybridized carbons (Fsp3) is 0.294. The van der Waals surface area contributed by atoms with Crippen LogP contribution < -0.4 is 5.32 Å². The lowest BCUT2D eigenvalue weighted by Gasteiger charge is -2.01. The first-order valence-electron chi connectivity index (χ1n) is 7.91. The average Bonchev–Trinajstić information content (AvgIpc) is 3.22. The molecule has 4 rings (SSSR count). The quantitative estimate of drug-likeness (QED) is 0.778. The Bertz CT molecular complexity index is 864. The third-order valence-electron chi connectivity index (χ3n) is 4.02. The van der Waals surface area contributed by atoms with Crippen molar-refractivity contribution in [1.29, 1.82) is 0 Å². The van der Waals surface area contributed by atoms with Gasteiger partial charge in [0.2, 0.25) is 0 Å². The van der Waals surface area contributed by atoms with Crippen LogP contribution >= 0.6 is 0 Å². The maximum absolute atomic E-state index is 12.3. The molecular formula is C17H17N5O2. The molecule has 1 aromatic carbocycles. The van der Waals surface area contributed by atoms with Gasteiger partial charge in [0.25, 0.3) is 11.8 Å². The summed E-state index contributed by atoms with van der Waals surface area (Å²) in [5.74, 6) is 1.20. The maximum Gasteiger partial charge on any atom is 0.269 e. The SMILES string of the molecule is Cn1nc(C2CC2)cc1C(=O)NCc1noc(-c2ccccc2)n1. The summed E-state index contributed by atoms with van der Waals surface area (Å²) in [4.78, 5) is 16.6. The molecule has 0 atom stereocenters. The van der Waals surface area contributed by atoms with Gasteiger partial charge in [-0.1, -0.05) is 23.4 Å². The van der Waals surface area contributed by atoms with E-state index in [0.29, 0.717) is 23.3 Å². The minimum atomic E-state index is -0.192. The lowest BCUT2D eigenvalue weighted by molar-refractivity contribution is 0.0940. The molecule has 1 amide bonds. The first kappa shape index (κ1) is 14.6. The Morgan fingerprint density at radius 2 is 2.12 bits per heavy atom. The molecule has 7 heteroatoms. The molecule has 1 fully saturated rings. The van der Waals surface area contributed by atoms with Crippen LogP contribution in [0.25, 0.3) is 11.5 Å². The number of carbonyl (C=O) groups is 1. The van der Waals surface area contributed by atoms with Crippen LogP contribution in [0.15, 0.2) is 40.9 Å². The van der Waals surface area contributed by atoms with Crippen molar-refractivity contribution in [3.8, 4) is 11.5 Å². The van der Waals surface area contributed by atoms with Crippen LogP contribution in [0.4, 0.5) is 0 Å². The van der Waals surface area contributed by atoms with E-state index in [0.717, 1.165) is 24.1 Å². The molecule has 24 heavy (non-hydrogen) atoms. The Morgan fingerprint density at radius 1 is 1.33 bits per heavy atom. The summed E-state index contributed by atoms with van der Waals surface area (Å²) < 4.78 is 6.85. The van der Waals surface area contributed by atoms with Gasteiger partial charge in [0.1, 0.15) is 5.69 Å². The van der Waals surface area contributed by atoms with Gasteiger partial charge >= 0.3 is 0 Å². The van der Waals surface area contributed by atoms with E-state index in [1.165, 1.54) is 0 Å². The number of aryl methyl sites for hydroxylation is 1. The van der Waals surface area contributed by atoms with Gasteiger partial charge in [-0.25, -0.2) is 0 Å². The van der Waals surface area contributed by atoms with Gasteiger partial charge in [-0.3, -0.25) is 9.48 Å². The summed E-state index contributed by atoms with van der Waals surface area (Å²) in [7, 11) is 1.78. The second-order valence-electron chi connectivity index (χ2n) is 5.92. The molecular weight excluding hydrogens is 306 g/mol. The van der Waals surface area contributed by atoms with Crippen molar-refractivity contribution < 1.29 is 9.32 Å². The number of nitrogens with zero attached hydrogens (tertiary/aromatic N) is 4. The second kappa shape index (κ2) is 5.92. The fourth-order valence-electron chi connectivity index (χ4n) is 2.55. The van der Waals surface area contributed by atoms with Crippen molar-refractivity contribution in [3.63, 3.8) is 0 Å². The van der Waals surface area contributed by atoms with Crippen LogP contribution in [-0.2, 0) is 13.6 Å². The van der Waals surface area contributed by atoms with Crippen molar-refractivity contribution >= 4 is 5.91 Å². The molecule has 0 radical (unpaired) electrons. The molecule has 7 nitrogen and oxygen atoms in total. The van der Waals surface area contributed by atoms with E-state index in [9.17, 15) is 4.79 Å². The number of amides is 1. The van der Waals surface area contributed by atoms with Crippen LogP contribution in [0.2, 0.25) is 0 Å². The Hall–Kier alpha value is -2.96. The molecule has 0 aliphatic heterocycles. The summed E-state index contributed by atoms with van der Waals surface area (Å²) in [6, 6.07) is 11.4. The molecule has 0 saturated heterocycles. The molecule has 1 aliphatic rings. The van der Waals surface area contributed by atoms with Crippen molar-refractivity contribution in [3.05, 3.63) is 53.6 Å². The zero-order valence-corrected chi connectivity index (χ0v) is 13.3. The highest BCUT2D eigenvalue weighted by atomic mass is 16.5. The van der Waals surface area contributed by atoms with E-state index in [2.05, 4.69) is 20.6 Å². The number of benzene rings is 1. The largest absolute Gasteiger partial charge is 0.343 e. The highest BCUT2D eigenvalue weighted by molar-refractivity contribution is 5.92. The Morgan fingerprint density at radius 3 is 2.88 bits per heavy atom. The summed E-state index contributed by atoms with van der Waals surface area (Å²) in [6.07, 6.45) is 2.31. The van der Waals surface area contributed by atoms with E-state index < -0.39 is 0 Å². The molecule has 0 unspecified atom stereocenters. The molecule has 0 spiro atoms. The van der Waals surface area contributed by atoms with Gasteiger partial charge in [0.15, 0.2) is 5.82 Å². The van der Waals surface area contributed by atoms with Crippen LogP contribution in [0.5, 0.6) is 0 Å². The highest BCUT2D eigenvalue weighted by Gasteiger charge is 2.28. The fourth-order valence-corrected chi connectivity index (χ4v) is 2.55. The average molecular weight is 323 g/mol. The molecule has 2 aromatic heterocycles. The number of hydrogen-bond donors (Lipinski definition) is 1. The van der Waals surface area contributed by atoms with E-state index in [-0.39, 0.29) is 12.5 Å². The van der Waals surface area contributed by atoms with E-state index in [1.807, 2.05) is 36.4 Å². The van der Waals surface area contributed by atoms with Gasteiger partial charge in [-0.2, -0.15) is 10.1 Å². The minimum absolute atomic E-state index is 0.192. The van der Waals surface area contributed by atoms with Gasteiger partial charge in [0.05, 0.1) is 12.2 Å². The number of nitrogens with one attached hydrogen (secondary N) is 1. The first-order chi connectivity index (χ1) is 11.7. The molecule has 1 aliphatic carbocycles. The van der Waals surface area contributed by atoms with Crippen LogP contribution in [-0.4, -0.2) is 25.8 Å². The summed E-state index contributed by atoms with van der Waals surface area (Å²) in [6.45, 7) is 0.207. The monoisotopic (exact) mass is 323 g/mol. The second-order valence-corrected chi connectivity index (χ2v) is 5.92. The maximum atomic E-state index is 12.3. The van der Waals surface area contributed by atoms with Crippen molar-refractivity contribution in [2.75, 3.05) is 0 Å². The van der Waals surface area contributed by atoms with Crippen LogP contribution in [0.1, 0.15) is 40.8 Å². The normalized spacial score (nSPS) is 13.9. The number of hydrogen-bond acceptors (Lipinski definition) is 5. The zero-order chi connectivity index (χ0) is 16.5. The van der Waals surface area contributed by atoms with E-state index >= 15 is 0 Å². The van der Waals surface area contributed by atoms with Gasteiger partial charge < -0.3 is 9.84 Å². The van der Waals surface area contributed by atoms with Gasteiger partial charge in [-0.15, -0.1) is 0 Å². The molecule has 0 bridgehead atoms. The third kappa shape index (κ3) is 2.92. The molecule has 122 valence electrons. The van der Waals surface area contributed by atoms with Crippen molar-refractivity contribution in [2.24, 2.45) is 7.05 Å². The smallest absolute Gasteiger partial charge is 0.269 e. The summed E-state index contributed by atoms with van der Waals surface area (Å²) in [5.41, 5.74) is 2.39. The van der Waals surface area contributed by atoms with Crippen molar-refractivity contribution in [2.45, 2.75) is 25.3 Å². The Labute approximate surface area is 138 Å². The molecule has 1 saturated carbocycles. The lowest BCUT2D eigenvalue weighted by Crippen LogP contribution is -2.25. The molecule has 1 N–H and O–H groups in total. The highest BCUT2D eigenvalue weighted by Crippen LogP contribution is 2.39. The Kier molecular flexibility index (Phi) is 3.60. The predicted molar refractivity (Wildman–Crippen MR) is 86.1 cm³/mol. The van der Waals surface area contributed by atoms with E-state index in [1.54, 1.807) is 11.7 Å². The van der Waals surface area contributed by atoms with Crippen molar-refractivity contribution in [1.82, 2.24) is 25.2 Å². The molecule has 3 aromatic rings. The number of rotatable bonds is 5. The summed E-state index contributed by atoms with van der Waals surface area (Å²) >= 11 is 0. The van der Waals surface area contributed by atoms with Crippen LogP contribution in [0.3, 0.4) is 0 Å². The minimum Gasteiger partial charge on any atom is -0.343 e. The first-order valence-corrected chi connectivity index (χ1v) is 7.91. The van der Waals surface area contributed by atoms with E-state index in [4.69, 9.17) is 4.52 Å². The van der Waals surface area contributed by atoms with Gasteiger partial charge in [-0.05, 0) is 31.0 Å². The predicted octanol–water partition coefficient (Wildman–Crippen LogP) is 2.28. The standard InChI is InChI=1S/C17H17N5O2/c1-22-14(9-13(20-22)11-7-8-11)16(23)18-10-15-19-17(24-21-15)12-5-3-2-4-6-12/h2-6,9,11H,7-8,10H2,1H3,(H,18,23). The number of aromatic nitrogens is 4. The lowest BCUT2D eigenvalue weighted by atomic mass is 10.2. The summed E-state index contributed by atoms with van der Waals surface area (Å²) in [5, 5.41) is 11.1. The zero-order valence-electron chi connectivity index (χ0n) is 13.3. The Balaban J connectivity index is 1.41. The van der Waals surface area contributed by atoms with Gasteiger partial charge in [0, 0.05) is 18.5 Å². The third-order valence-corrected chi connectivity index (χ3v) is 4.02. The van der Waals surface area contributed by atoms with Crippen LogP contribution in [0, 0.1) is 0 Å². The number of carbonyl (C=O) groups excluding carboxylic acids is 1. The molecule has 2 heterocycles.